The maximum atomic E-state index is 11.2. The molecule has 6 nitrogen and oxygen atoms in total. The van der Waals surface area contributed by atoms with Gasteiger partial charge in [-0.15, -0.1) is 0 Å². The molecule has 0 radical (unpaired) electrons. The lowest BCUT2D eigenvalue weighted by Crippen LogP contribution is -2.24. The molecule has 1 heterocycles. The summed E-state index contributed by atoms with van der Waals surface area (Å²) in [5, 5.41) is 8.53. The number of anilines is 2. The van der Waals surface area contributed by atoms with Crippen molar-refractivity contribution in [3.63, 3.8) is 0 Å². The second-order valence-corrected chi connectivity index (χ2v) is 4.28. The molecule has 1 aromatic heterocycles. The van der Waals surface area contributed by atoms with Crippen molar-refractivity contribution in [1.29, 1.82) is 0 Å². The van der Waals surface area contributed by atoms with Crippen LogP contribution in [0.15, 0.2) is 42.9 Å². The summed E-state index contributed by atoms with van der Waals surface area (Å²) >= 11 is 0. The molecule has 0 saturated carbocycles. The molecule has 6 heteroatoms. The van der Waals surface area contributed by atoms with Crippen molar-refractivity contribution < 1.29 is 4.79 Å². The van der Waals surface area contributed by atoms with Crippen LogP contribution in [0.1, 0.15) is 18.7 Å². The zero-order valence-electron chi connectivity index (χ0n) is 11.4. The van der Waals surface area contributed by atoms with Gasteiger partial charge in [0.15, 0.2) is 0 Å². The van der Waals surface area contributed by atoms with Gasteiger partial charge in [0.2, 0.25) is 0 Å². The third-order valence-electron chi connectivity index (χ3n) is 2.78. The minimum Gasteiger partial charge on any atom is -0.377 e. The molecule has 2 amide bonds. The number of urea groups is 1. The Hall–Kier alpha value is -2.63. The summed E-state index contributed by atoms with van der Waals surface area (Å²) in [6, 6.07) is 7.29. The maximum absolute atomic E-state index is 11.2. The van der Waals surface area contributed by atoms with Gasteiger partial charge < -0.3 is 16.0 Å². The first-order chi connectivity index (χ1) is 9.69. The Labute approximate surface area is 117 Å². The summed E-state index contributed by atoms with van der Waals surface area (Å²) in [7, 11) is 1.58. The van der Waals surface area contributed by atoms with Crippen LogP contribution in [0.3, 0.4) is 0 Å². The third kappa shape index (κ3) is 3.68. The number of nitrogens with one attached hydrogen (secondary N) is 3. The van der Waals surface area contributed by atoms with Crippen LogP contribution in [0.25, 0.3) is 0 Å². The van der Waals surface area contributed by atoms with Crippen molar-refractivity contribution in [2.45, 2.75) is 13.0 Å². The number of aromatic nitrogens is 2. The average Bonchev–Trinajstić information content (AvgIpc) is 2.50. The first-order valence-electron chi connectivity index (χ1n) is 6.30. The number of hydrogen-bond acceptors (Lipinski definition) is 4. The van der Waals surface area contributed by atoms with E-state index in [2.05, 4.69) is 25.9 Å². The van der Waals surface area contributed by atoms with Crippen molar-refractivity contribution in [1.82, 2.24) is 15.3 Å². The number of benzene rings is 1. The summed E-state index contributed by atoms with van der Waals surface area (Å²) in [6.45, 7) is 2.01. The summed E-state index contributed by atoms with van der Waals surface area (Å²) in [4.78, 5) is 19.5. The van der Waals surface area contributed by atoms with Crippen LogP contribution >= 0.6 is 0 Å². The molecular weight excluding hydrogens is 254 g/mol. The Kier molecular flexibility index (Phi) is 4.49. The smallest absolute Gasteiger partial charge is 0.318 e. The Morgan fingerprint density at radius 3 is 2.45 bits per heavy atom. The standard InChI is InChI=1S/C14H17N5O/c1-10(13-9-16-7-8-17-13)18-11-3-5-12(6-4-11)19-14(20)15-2/h3-10,18H,1-2H3,(H2,15,19,20). The summed E-state index contributed by atoms with van der Waals surface area (Å²) in [6.07, 6.45) is 5.05. The lowest BCUT2D eigenvalue weighted by atomic mass is 10.2. The molecule has 0 bridgehead atoms. The van der Waals surface area contributed by atoms with Gasteiger partial charge in [-0.1, -0.05) is 0 Å². The number of amides is 2. The second-order valence-electron chi connectivity index (χ2n) is 4.28. The largest absolute Gasteiger partial charge is 0.377 e. The Morgan fingerprint density at radius 1 is 1.15 bits per heavy atom. The molecule has 0 spiro atoms. The van der Waals surface area contributed by atoms with E-state index in [0.717, 1.165) is 17.1 Å². The van der Waals surface area contributed by atoms with E-state index >= 15 is 0 Å². The lowest BCUT2D eigenvalue weighted by Gasteiger charge is -2.14. The third-order valence-corrected chi connectivity index (χ3v) is 2.78. The molecular formula is C14H17N5O. The molecule has 3 N–H and O–H groups in total. The first-order valence-corrected chi connectivity index (χ1v) is 6.30. The monoisotopic (exact) mass is 271 g/mol. The molecule has 1 atom stereocenters. The van der Waals surface area contributed by atoms with Gasteiger partial charge >= 0.3 is 6.03 Å². The normalized spacial score (nSPS) is 11.5. The molecule has 0 fully saturated rings. The molecule has 0 saturated heterocycles. The lowest BCUT2D eigenvalue weighted by molar-refractivity contribution is 0.254. The van der Waals surface area contributed by atoms with Crippen molar-refractivity contribution in [3.8, 4) is 0 Å². The van der Waals surface area contributed by atoms with Gasteiger partial charge in [0.05, 0.1) is 17.9 Å². The first kappa shape index (κ1) is 13.8. The van der Waals surface area contributed by atoms with Crippen LogP contribution in [0.4, 0.5) is 16.2 Å². The van der Waals surface area contributed by atoms with Gasteiger partial charge in [0.25, 0.3) is 0 Å². The van der Waals surface area contributed by atoms with Gasteiger partial charge in [0, 0.05) is 30.8 Å². The van der Waals surface area contributed by atoms with Crippen molar-refractivity contribution >= 4 is 17.4 Å². The highest BCUT2D eigenvalue weighted by Crippen LogP contribution is 2.19. The zero-order chi connectivity index (χ0) is 14.4. The van der Waals surface area contributed by atoms with Gasteiger partial charge in [-0.2, -0.15) is 0 Å². The van der Waals surface area contributed by atoms with E-state index in [9.17, 15) is 4.79 Å². The van der Waals surface area contributed by atoms with E-state index in [-0.39, 0.29) is 12.1 Å². The molecule has 1 aromatic carbocycles. The van der Waals surface area contributed by atoms with Gasteiger partial charge in [-0.3, -0.25) is 9.97 Å². The van der Waals surface area contributed by atoms with Crippen LogP contribution < -0.4 is 16.0 Å². The topological polar surface area (TPSA) is 78.9 Å². The van der Waals surface area contributed by atoms with Crippen LogP contribution in [-0.2, 0) is 0 Å². The van der Waals surface area contributed by atoms with Crippen LogP contribution in [-0.4, -0.2) is 23.0 Å². The highest BCUT2D eigenvalue weighted by Gasteiger charge is 2.06. The fraction of sp³-hybridized carbons (Fsp3) is 0.214. The van der Waals surface area contributed by atoms with Gasteiger partial charge in [-0.25, -0.2) is 4.79 Å². The van der Waals surface area contributed by atoms with E-state index < -0.39 is 0 Å². The summed E-state index contributed by atoms with van der Waals surface area (Å²) in [5.41, 5.74) is 2.56. The second kappa shape index (κ2) is 6.51. The number of rotatable bonds is 4. The van der Waals surface area contributed by atoms with Crippen LogP contribution in [0, 0.1) is 0 Å². The molecule has 0 aliphatic carbocycles. The average molecular weight is 271 g/mol. The molecule has 2 aromatic rings. The highest BCUT2D eigenvalue weighted by atomic mass is 16.2. The van der Waals surface area contributed by atoms with E-state index in [1.54, 1.807) is 25.6 Å². The molecule has 20 heavy (non-hydrogen) atoms. The molecule has 1 unspecified atom stereocenters. The summed E-state index contributed by atoms with van der Waals surface area (Å²) < 4.78 is 0. The molecule has 104 valence electrons. The van der Waals surface area contributed by atoms with Crippen molar-refractivity contribution in [2.75, 3.05) is 17.7 Å². The van der Waals surface area contributed by atoms with E-state index in [1.165, 1.54) is 0 Å². The van der Waals surface area contributed by atoms with Gasteiger partial charge in [-0.05, 0) is 31.2 Å². The van der Waals surface area contributed by atoms with Crippen molar-refractivity contribution in [3.05, 3.63) is 48.5 Å². The van der Waals surface area contributed by atoms with Crippen molar-refractivity contribution in [2.24, 2.45) is 0 Å². The molecule has 2 rings (SSSR count). The quantitative estimate of drug-likeness (QED) is 0.797. The zero-order valence-corrected chi connectivity index (χ0v) is 11.4. The number of hydrogen-bond donors (Lipinski definition) is 3. The fourth-order valence-corrected chi connectivity index (χ4v) is 1.70. The predicted octanol–water partition coefficient (Wildman–Crippen LogP) is 2.40. The Morgan fingerprint density at radius 2 is 1.85 bits per heavy atom. The Bertz CT molecular complexity index is 556. The SMILES string of the molecule is CNC(=O)Nc1ccc(NC(C)c2cnccn2)cc1. The number of carbonyl (C=O) groups excluding carboxylic acids is 1. The minimum absolute atomic E-state index is 0.0569. The Balaban J connectivity index is 1.98. The van der Waals surface area contributed by atoms with Crippen LogP contribution in [0.2, 0.25) is 0 Å². The van der Waals surface area contributed by atoms with E-state index in [1.807, 2.05) is 31.2 Å². The fourth-order valence-electron chi connectivity index (χ4n) is 1.70. The number of nitrogens with zero attached hydrogens (tertiary/aromatic N) is 2. The number of carbonyl (C=O) groups is 1. The molecule has 0 aliphatic rings. The summed E-state index contributed by atoms with van der Waals surface area (Å²) in [5.74, 6) is 0. The van der Waals surface area contributed by atoms with Gasteiger partial charge in [0.1, 0.15) is 0 Å². The van der Waals surface area contributed by atoms with Crippen LogP contribution in [0.5, 0.6) is 0 Å². The molecule has 0 aliphatic heterocycles. The predicted molar refractivity (Wildman–Crippen MR) is 78.6 cm³/mol. The highest BCUT2D eigenvalue weighted by molar-refractivity contribution is 5.89. The van der Waals surface area contributed by atoms with E-state index in [4.69, 9.17) is 0 Å². The van der Waals surface area contributed by atoms with E-state index in [0.29, 0.717) is 0 Å². The minimum atomic E-state index is -0.237. The maximum Gasteiger partial charge on any atom is 0.318 e.